The summed E-state index contributed by atoms with van der Waals surface area (Å²) in [5, 5.41) is 0.679. The predicted molar refractivity (Wildman–Crippen MR) is 69.8 cm³/mol. The highest BCUT2D eigenvalue weighted by molar-refractivity contribution is 5.80. The topological polar surface area (TPSA) is 17.8 Å². The van der Waals surface area contributed by atoms with Crippen LogP contribution in [0.4, 0.5) is 4.39 Å². The number of hydrogen-bond donors (Lipinski definition) is 0. The molecule has 0 saturated heterocycles. The first kappa shape index (κ1) is 11.0. The highest BCUT2D eigenvalue weighted by atomic mass is 19.1. The molecule has 0 atom stereocenters. The molecule has 0 spiro atoms. The summed E-state index contributed by atoms with van der Waals surface area (Å²) < 4.78 is 15.6. The lowest BCUT2D eigenvalue weighted by molar-refractivity contribution is 0.639. The lowest BCUT2D eigenvalue weighted by Crippen LogP contribution is -2.01. The fourth-order valence-electron chi connectivity index (χ4n) is 2.16. The maximum atomic E-state index is 13.5. The number of nitrogens with zero attached hydrogens (tertiary/aromatic N) is 2. The van der Waals surface area contributed by atoms with Crippen molar-refractivity contribution in [3.05, 3.63) is 66.4 Å². The van der Waals surface area contributed by atoms with Gasteiger partial charge in [0, 0.05) is 36.4 Å². The zero-order chi connectivity index (χ0) is 12.4. The van der Waals surface area contributed by atoms with Gasteiger partial charge in [-0.25, -0.2) is 4.39 Å². The van der Waals surface area contributed by atoms with E-state index in [0.29, 0.717) is 5.39 Å². The van der Waals surface area contributed by atoms with Gasteiger partial charge in [-0.05, 0) is 30.3 Å². The third-order valence-corrected chi connectivity index (χ3v) is 3.10. The summed E-state index contributed by atoms with van der Waals surface area (Å²) in [5.41, 5.74) is 1.99. The number of benzene rings is 1. The molecule has 0 N–H and O–H groups in total. The number of rotatable bonds is 3. The molecule has 0 radical (unpaired) electrons. The third-order valence-electron chi connectivity index (χ3n) is 3.10. The Morgan fingerprint density at radius 3 is 2.83 bits per heavy atom. The number of fused-ring (bicyclic) bond motifs is 1. The van der Waals surface area contributed by atoms with Gasteiger partial charge in [-0.1, -0.05) is 12.1 Å². The minimum absolute atomic E-state index is 0.163. The number of pyridine rings is 1. The van der Waals surface area contributed by atoms with Gasteiger partial charge in [-0.2, -0.15) is 0 Å². The predicted octanol–water partition coefficient (Wildman–Crippen LogP) is 3.42. The largest absolute Gasteiger partial charge is 0.347 e. The Balaban J connectivity index is 1.85. The molecule has 0 aliphatic carbocycles. The van der Waals surface area contributed by atoms with Gasteiger partial charge in [0.25, 0.3) is 0 Å². The monoisotopic (exact) mass is 240 g/mol. The molecule has 0 saturated carbocycles. The average molecular weight is 240 g/mol. The van der Waals surface area contributed by atoms with Crippen LogP contribution in [0.25, 0.3) is 10.9 Å². The van der Waals surface area contributed by atoms with E-state index in [4.69, 9.17) is 0 Å². The molecule has 2 heterocycles. The second kappa shape index (κ2) is 4.61. The van der Waals surface area contributed by atoms with Gasteiger partial charge < -0.3 is 4.57 Å². The second-order valence-corrected chi connectivity index (χ2v) is 4.25. The van der Waals surface area contributed by atoms with E-state index >= 15 is 0 Å². The van der Waals surface area contributed by atoms with Crippen LogP contribution in [-0.4, -0.2) is 9.55 Å². The first-order valence-corrected chi connectivity index (χ1v) is 5.98. The Morgan fingerprint density at radius 2 is 2.00 bits per heavy atom. The molecular weight excluding hydrogens is 227 g/mol. The van der Waals surface area contributed by atoms with E-state index in [2.05, 4.69) is 9.55 Å². The second-order valence-electron chi connectivity index (χ2n) is 4.25. The Kier molecular flexibility index (Phi) is 2.81. The van der Waals surface area contributed by atoms with Gasteiger partial charge in [0.05, 0.1) is 5.52 Å². The Bertz CT molecular complexity index is 659. The van der Waals surface area contributed by atoms with Crippen molar-refractivity contribution in [3.63, 3.8) is 0 Å². The zero-order valence-corrected chi connectivity index (χ0v) is 9.88. The number of hydrogen-bond acceptors (Lipinski definition) is 1. The van der Waals surface area contributed by atoms with Crippen LogP contribution in [0, 0.1) is 5.82 Å². The van der Waals surface area contributed by atoms with Crippen molar-refractivity contribution in [2.24, 2.45) is 0 Å². The summed E-state index contributed by atoms with van der Waals surface area (Å²) in [6.45, 7) is 0.809. The van der Waals surface area contributed by atoms with E-state index in [1.54, 1.807) is 12.3 Å². The molecular formula is C15H13FN2. The smallest absolute Gasteiger partial charge is 0.132 e. The van der Waals surface area contributed by atoms with Crippen LogP contribution in [-0.2, 0) is 13.0 Å². The molecule has 18 heavy (non-hydrogen) atoms. The lowest BCUT2D eigenvalue weighted by Gasteiger charge is -2.05. The van der Waals surface area contributed by atoms with E-state index in [0.717, 1.165) is 24.2 Å². The lowest BCUT2D eigenvalue weighted by atomic mass is 10.2. The van der Waals surface area contributed by atoms with Crippen molar-refractivity contribution in [1.82, 2.24) is 9.55 Å². The molecule has 0 bridgehead atoms. The van der Waals surface area contributed by atoms with Gasteiger partial charge in [-0.3, -0.25) is 4.98 Å². The van der Waals surface area contributed by atoms with Crippen molar-refractivity contribution >= 4 is 10.9 Å². The number of aryl methyl sites for hydroxylation is 2. The van der Waals surface area contributed by atoms with Crippen molar-refractivity contribution in [1.29, 1.82) is 0 Å². The fraction of sp³-hybridized carbons (Fsp3) is 0.133. The molecule has 3 aromatic rings. The SMILES string of the molecule is Fc1cccc2c1ccn2CCc1ccccn1. The summed E-state index contributed by atoms with van der Waals surface area (Å²) in [6.07, 6.45) is 4.57. The maximum absolute atomic E-state index is 13.5. The fourth-order valence-corrected chi connectivity index (χ4v) is 2.16. The average Bonchev–Trinajstić information content (AvgIpc) is 2.82. The van der Waals surface area contributed by atoms with Crippen LogP contribution in [0.3, 0.4) is 0 Å². The van der Waals surface area contributed by atoms with Crippen LogP contribution in [0.5, 0.6) is 0 Å². The first-order chi connectivity index (χ1) is 8.84. The Morgan fingerprint density at radius 1 is 1.06 bits per heavy atom. The molecule has 90 valence electrons. The Labute approximate surface area is 105 Å². The number of aromatic nitrogens is 2. The van der Waals surface area contributed by atoms with E-state index in [9.17, 15) is 4.39 Å². The molecule has 2 nitrogen and oxygen atoms in total. The standard InChI is InChI=1S/C15H13FN2/c16-14-5-3-6-15-13(14)8-11-18(15)10-7-12-4-1-2-9-17-12/h1-6,8-9,11H,7,10H2. The molecule has 0 unspecified atom stereocenters. The van der Waals surface area contributed by atoms with E-state index in [1.807, 2.05) is 36.5 Å². The van der Waals surface area contributed by atoms with Crippen LogP contribution in [0.15, 0.2) is 54.9 Å². The van der Waals surface area contributed by atoms with Crippen molar-refractivity contribution in [3.8, 4) is 0 Å². The molecule has 3 rings (SSSR count). The van der Waals surface area contributed by atoms with Gasteiger partial charge in [0.2, 0.25) is 0 Å². The number of halogens is 1. The summed E-state index contributed by atoms with van der Waals surface area (Å²) in [5.74, 6) is -0.163. The Hall–Kier alpha value is -2.16. The minimum atomic E-state index is -0.163. The van der Waals surface area contributed by atoms with Gasteiger partial charge in [0.1, 0.15) is 5.82 Å². The summed E-state index contributed by atoms with van der Waals surface area (Å²) >= 11 is 0. The summed E-state index contributed by atoms with van der Waals surface area (Å²) in [4.78, 5) is 4.29. The van der Waals surface area contributed by atoms with E-state index < -0.39 is 0 Å². The molecule has 0 fully saturated rings. The minimum Gasteiger partial charge on any atom is -0.347 e. The van der Waals surface area contributed by atoms with Crippen LogP contribution in [0.2, 0.25) is 0 Å². The summed E-state index contributed by atoms with van der Waals surface area (Å²) in [6, 6.07) is 12.9. The van der Waals surface area contributed by atoms with Crippen LogP contribution < -0.4 is 0 Å². The van der Waals surface area contributed by atoms with E-state index in [-0.39, 0.29) is 5.82 Å². The van der Waals surface area contributed by atoms with Crippen molar-refractivity contribution < 1.29 is 4.39 Å². The van der Waals surface area contributed by atoms with Crippen molar-refractivity contribution in [2.45, 2.75) is 13.0 Å². The van der Waals surface area contributed by atoms with Gasteiger partial charge in [-0.15, -0.1) is 0 Å². The highest BCUT2D eigenvalue weighted by Crippen LogP contribution is 2.19. The first-order valence-electron chi connectivity index (χ1n) is 5.98. The molecule has 0 amide bonds. The van der Waals surface area contributed by atoms with Crippen LogP contribution >= 0.6 is 0 Å². The maximum Gasteiger partial charge on any atom is 0.132 e. The van der Waals surface area contributed by atoms with E-state index in [1.165, 1.54) is 6.07 Å². The van der Waals surface area contributed by atoms with Crippen molar-refractivity contribution in [2.75, 3.05) is 0 Å². The molecule has 2 aromatic heterocycles. The molecule has 0 aliphatic heterocycles. The summed E-state index contributed by atoms with van der Waals surface area (Å²) in [7, 11) is 0. The molecule has 3 heteroatoms. The highest BCUT2D eigenvalue weighted by Gasteiger charge is 2.05. The van der Waals surface area contributed by atoms with Gasteiger partial charge in [0.15, 0.2) is 0 Å². The molecule has 1 aromatic carbocycles. The van der Waals surface area contributed by atoms with Gasteiger partial charge >= 0.3 is 0 Å². The third kappa shape index (κ3) is 1.99. The normalized spacial score (nSPS) is 10.9. The van der Waals surface area contributed by atoms with Crippen LogP contribution in [0.1, 0.15) is 5.69 Å². The quantitative estimate of drug-likeness (QED) is 0.686. The zero-order valence-electron chi connectivity index (χ0n) is 9.88. The molecule has 0 aliphatic rings.